The molecule has 0 saturated carbocycles. The Morgan fingerprint density at radius 2 is 1.75 bits per heavy atom. The smallest absolute Gasteiger partial charge is 0.265 e. The minimum atomic E-state index is -3.34. The first-order valence-electron chi connectivity index (χ1n) is 8.99. The zero-order valence-electron chi connectivity index (χ0n) is 16.5. The third kappa shape index (κ3) is 5.63. The van der Waals surface area contributed by atoms with Gasteiger partial charge in [-0.3, -0.25) is 9.10 Å². The molecule has 0 bridgehead atoms. The Bertz CT molecular complexity index is 897. The first-order chi connectivity index (χ1) is 13.3. The summed E-state index contributed by atoms with van der Waals surface area (Å²) in [4.78, 5) is 12.6. The van der Waals surface area contributed by atoms with Gasteiger partial charge in [0.25, 0.3) is 5.91 Å². The maximum absolute atomic E-state index is 12.6. The molecule has 0 heterocycles. The van der Waals surface area contributed by atoms with Crippen molar-refractivity contribution in [2.45, 2.75) is 26.4 Å². The van der Waals surface area contributed by atoms with E-state index >= 15 is 0 Å². The van der Waals surface area contributed by atoms with Gasteiger partial charge in [0, 0.05) is 7.05 Å². The van der Waals surface area contributed by atoms with E-state index in [2.05, 4.69) is 5.32 Å². The largest absolute Gasteiger partial charge is 0.492 e. The predicted octanol–water partition coefficient (Wildman–Crippen LogP) is 3.28. The van der Waals surface area contributed by atoms with E-state index in [9.17, 15) is 13.2 Å². The molecule has 0 aliphatic rings. The van der Waals surface area contributed by atoms with Crippen molar-refractivity contribution in [2.75, 3.05) is 29.5 Å². The number of hydrogen-bond acceptors (Lipinski definition) is 5. The van der Waals surface area contributed by atoms with Crippen LogP contribution >= 0.6 is 0 Å². The number of hydrogen-bond donors (Lipinski definition) is 1. The number of nitrogens with zero attached hydrogens (tertiary/aromatic N) is 1. The fraction of sp³-hybridized carbons (Fsp3) is 0.350. The molecule has 1 unspecified atom stereocenters. The van der Waals surface area contributed by atoms with E-state index < -0.39 is 16.1 Å². The monoisotopic (exact) mass is 406 g/mol. The summed E-state index contributed by atoms with van der Waals surface area (Å²) in [5, 5.41) is 2.84. The van der Waals surface area contributed by atoms with E-state index in [0.717, 1.165) is 6.26 Å². The number of ether oxygens (including phenoxy) is 2. The second-order valence-corrected chi connectivity index (χ2v) is 8.17. The van der Waals surface area contributed by atoms with E-state index in [0.29, 0.717) is 35.9 Å². The Balaban J connectivity index is 2.08. The normalized spacial score (nSPS) is 12.1. The van der Waals surface area contributed by atoms with Gasteiger partial charge in [0.1, 0.15) is 11.5 Å². The molecule has 8 heteroatoms. The van der Waals surface area contributed by atoms with Crippen LogP contribution in [-0.2, 0) is 14.8 Å². The summed E-state index contributed by atoms with van der Waals surface area (Å²) < 4.78 is 35.7. The van der Waals surface area contributed by atoms with E-state index in [4.69, 9.17) is 9.47 Å². The number of carbonyl (C=O) groups is 1. The van der Waals surface area contributed by atoms with Crippen LogP contribution in [0.25, 0.3) is 0 Å². The average Bonchev–Trinajstić information content (AvgIpc) is 2.67. The van der Waals surface area contributed by atoms with Gasteiger partial charge >= 0.3 is 0 Å². The van der Waals surface area contributed by atoms with Crippen molar-refractivity contribution in [1.82, 2.24) is 0 Å². The minimum absolute atomic E-state index is 0.285. The Hall–Kier alpha value is -2.74. The lowest BCUT2D eigenvalue weighted by atomic mass is 10.2. The van der Waals surface area contributed by atoms with Gasteiger partial charge in [-0.1, -0.05) is 19.1 Å². The summed E-state index contributed by atoms with van der Waals surface area (Å²) in [5.41, 5.74) is 1.10. The van der Waals surface area contributed by atoms with Gasteiger partial charge in [0.15, 0.2) is 6.10 Å². The van der Waals surface area contributed by atoms with Crippen molar-refractivity contribution in [3.8, 4) is 11.5 Å². The lowest BCUT2D eigenvalue weighted by Gasteiger charge is -2.20. The number of rotatable bonds is 9. The van der Waals surface area contributed by atoms with Gasteiger partial charge in [0.05, 0.1) is 24.2 Å². The third-order valence-electron chi connectivity index (χ3n) is 4.08. The maximum atomic E-state index is 12.6. The topological polar surface area (TPSA) is 84.9 Å². The van der Waals surface area contributed by atoms with E-state index in [1.165, 1.54) is 11.4 Å². The van der Waals surface area contributed by atoms with Crippen molar-refractivity contribution < 1.29 is 22.7 Å². The minimum Gasteiger partial charge on any atom is -0.492 e. The van der Waals surface area contributed by atoms with Crippen LogP contribution < -0.4 is 19.1 Å². The molecule has 2 aromatic carbocycles. The first-order valence-corrected chi connectivity index (χ1v) is 10.8. The number of benzene rings is 2. The average molecular weight is 407 g/mol. The summed E-state index contributed by atoms with van der Waals surface area (Å²) in [7, 11) is -1.86. The SMILES string of the molecule is CCOc1ccccc1NC(=O)C(CC)Oc1ccc(N(C)S(C)(=O)=O)cc1. The van der Waals surface area contributed by atoms with E-state index in [1.54, 1.807) is 36.4 Å². The zero-order chi connectivity index (χ0) is 20.7. The third-order valence-corrected chi connectivity index (χ3v) is 5.29. The second kappa shape index (κ2) is 9.45. The molecule has 1 amide bonds. The fourth-order valence-corrected chi connectivity index (χ4v) is 2.98. The highest BCUT2D eigenvalue weighted by Crippen LogP contribution is 2.25. The van der Waals surface area contributed by atoms with Crippen molar-refractivity contribution in [3.63, 3.8) is 0 Å². The standard InChI is InChI=1S/C20H26N2O5S/c1-5-18(20(23)21-17-9-7-8-10-19(17)26-6-2)27-16-13-11-15(12-14-16)22(3)28(4,24)25/h7-14,18H,5-6H2,1-4H3,(H,21,23). The molecule has 0 spiro atoms. The molecule has 2 rings (SSSR count). The van der Waals surface area contributed by atoms with Crippen molar-refractivity contribution in [3.05, 3.63) is 48.5 Å². The first kappa shape index (κ1) is 21.6. The highest BCUT2D eigenvalue weighted by molar-refractivity contribution is 7.92. The van der Waals surface area contributed by atoms with Gasteiger partial charge < -0.3 is 14.8 Å². The molecule has 0 aliphatic heterocycles. The van der Waals surface area contributed by atoms with Crippen LogP contribution in [0.15, 0.2) is 48.5 Å². The van der Waals surface area contributed by atoms with Gasteiger partial charge in [-0.2, -0.15) is 0 Å². The molecule has 1 N–H and O–H groups in total. The molecular formula is C20H26N2O5S. The van der Waals surface area contributed by atoms with Crippen LogP contribution in [0.3, 0.4) is 0 Å². The van der Waals surface area contributed by atoms with Crippen LogP contribution in [0, 0.1) is 0 Å². The zero-order valence-corrected chi connectivity index (χ0v) is 17.3. The van der Waals surface area contributed by atoms with Crippen LogP contribution in [0.2, 0.25) is 0 Å². The number of carbonyl (C=O) groups excluding carboxylic acids is 1. The van der Waals surface area contributed by atoms with Crippen LogP contribution in [0.5, 0.6) is 11.5 Å². The van der Waals surface area contributed by atoms with Crippen molar-refractivity contribution in [2.24, 2.45) is 0 Å². The second-order valence-electron chi connectivity index (χ2n) is 6.16. The summed E-state index contributed by atoms with van der Waals surface area (Å²) >= 11 is 0. The number of sulfonamides is 1. The summed E-state index contributed by atoms with van der Waals surface area (Å²) in [6.45, 7) is 4.22. The van der Waals surface area contributed by atoms with E-state index in [-0.39, 0.29) is 5.91 Å². The predicted molar refractivity (Wildman–Crippen MR) is 111 cm³/mol. The summed E-state index contributed by atoms with van der Waals surface area (Å²) in [5.74, 6) is 0.791. The van der Waals surface area contributed by atoms with Gasteiger partial charge in [-0.05, 0) is 49.7 Å². The molecule has 28 heavy (non-hydrogen) atoms. The molecule has 7 nitrogen and oxygen atoms in total. The molecule has 0 aromatic heterocycles. The molecule has 0 fully saturated rings. The van der Waals surface area contributed by atoms with Crippen LogP contribution in [0.1, 0.15) is 20.3 Å². The lowest BCUT2D eigenvalue weighted by Crippen LogP contribution is -2.32. The van der Waals surface area contributed by atoms with Crippen LogP contribution in [0.4, 0.5) is 11.4 Å². The quantitative estimate of drug-likeness (QED) is 0.691. The summed E-state index contributed by atoms with van der Waals surface area (Å²) in [6, 6.07) is 13.8. The Kier molecular flexibility index (Phi) is 7.28. The molecule has 0 aliphatic carbocycles. The highest BCUT2D eigenvalue weighted by Gasteiger charge is 2.20. The van der Waals surface area contributed by atoms with E-state index in [1.807, 2.05) is 26.0 Å². The highest BCUT2D eigenvalue weighted by atomic mass is 32.2. The Morgan fingerprint density at radius 3 is 2.32 bits per heavy atom. The lowest BCUT2D eigenvalue weighted by molar-refractivity contribution is -0.122. The summed E-state index contributed by atoms with van der Waals surface area (Å²) in [6.07, 6.45) is 0.899. The fourth-order valence-electron chi connectivity index (χ4n) is 2.48. The maximum Gasteiger partial charge on any atom is 0.265 e. The van der Waals surface area contributed by atoms with Crippen molar-refractivity contribution >= 4 is 27.3 Å². The molecule has 1 atom stereocenters. The van der Waals surface area contributed by atoms with Gasteiger partial charge in [-0.25, -0.2) is 8.42 Å². The van der Waals surface area contributed by atoms with Crippen LogP contribution in [-0.4, -0.2) is 40.3 Å². The molecule has 2 aromatic rings. The number of para-hydroxylation sites is 2. The number of nitrogens with one attached hydrogen (secondary N) is 1. The van der Waals surface area contributed by atoms with Gasteiger partial charge in [-0.15, -0.1) is 0 Å². The Labute approximate surface area is 166 Å². The van der Waals surface area contributed by atoms with Crippen molar-refractivity contribution in [1.29, 1.82) is 0 Å². The van der Waals surface area contributed by atoms with Gasteiger partial charge in [0.2, 0.25) is 10.0 Å². The molecule has 0 saturated heterocycles. The molecular weight excluding hydrogens is 380 g/mol. The molecule has 0 radical (unpaired) electrons. The number of anilines is 2. The Morgan fingerprint density at radius 1 is 1.11 bits per heavy atom. The molecule has 152 valence electrons. The number of amides is 1.